The van der Waals surface area contributed by atoms with E-state index in [0.29, 0.717) is 17.4 Å². The molecule has 1 aliphatic rings. The Kier molecular flexibility index (Phi) is 5.00. The van der Waals surface area contributed by atoms with Crippen molar-refractivity contribution in [1.29, 1.82) is 0 Å². The topological polar surface area (TPSA) is 58.2 Å². The molecule has 0 spiro atoms. The predicted octanol–water partition coefficient (Wildman–Crippen LogP) is 2.24. The van der Waals surface area contributed by atoms with Crippen LogP contribution < -0.4 is 10.0 Å². The molecule has 0 saturated heterocycles. The van der Waals surface area contributed by atoms with E-state index in [1.165, 1.54) is 0 Å². The smallest absolute Gasteiger partial charge is 0.241 e. The lowest BCUT2D eigenvalue weighted by Gasteiger charge is -2.04. The van der Waals surface area contributed by atoms with Gasteiger partial charge in [-0.15, -0.1) is 11.3 Å². The maximum atomic E-state index is 12.2. The minimum Gasteiger partial charge on any atom is -0.312 e. The van der Waals surface area contributed by atoms with Crippen LogP contribution >= 0.6 is 11.3 Å². The first-order valence-corrected chi connectivity index (χ1v) is 9.12. The second kappa shape index (κ2) is 6.35. The number of sulfonamides is 1. The van der Waals surface area contributed by atoms with Crippen LogP contribution in [0.4, 0.5) is 0 Å². The standard InChI is InChI=1S/C13H22N2O2S2/c1-3-6-14-9-12-7-13(10(2)18-12)19(16,17)15-8-11-4-5-11/h7,11,14-15H,3-6,8-9H2,1-2H3. The first-order valence-electron chi connectivity index (χ1n) is 6.82. The van der Waals surface area contributed by atoms with Crippen molar-refractivity contribution in [3.05, 3.63) is 15.8 Å². The molecular weight excluding hydrogens is 280 g/mol. The summed E-state index contributed by atoms with van der Waals surface area (Å²) in [5.74, 6) is 0.555. The lowest BCUT2D eigenvalue weighted by Crippen LogP contribution is -2.26. The summed E-state index contributed by atoms with van der Waals surface area (Å²) in [5, 5.41) is 3.30. The van der Waals surface area contributed by atoms with Crippen molar-refractivity contribution in [3.8, 4) is 0 Å². The largest absolute Gasteiger partial charge is 0.312 e. The molecule has 1 aromatic heterocycles. The van der Waals surface area contributed by atoms with Crippen LogP contribution in [0.5, 0.6) is 0 Å². The SMILES string of the molecule is CCCNCc1cc(S(=O)(=O)NCC2CC2)c(C)s1. The van der Waals surface area contributed by atoms with E-state index in [1.54, 1.807) is 17.4 Å². The molecule has 0 radical (unpaired) electrons. The molecule has 0 aromatic carbocycles. The molecular formula is C13H22N2O2S2. The molecule has 0 aliphatic heterocycles. The third-order valence-electron chi connectivity index (χ3n) is 3.20. The van der Waals surface area contributed by atoms with Gasteiger partial charge in [-0.25, -0.2) is 13.1 Å². The van der Waals surface area contributed by atoms with Crippen molar-refractivity contribution in [3.63, 3.8) is 0 Å². The van der Waals surface area contributed by atoms with Gasteiger partial charge >= 0.3 is 0 Å². The second-order valence-corrected chi connectivity index (χ2v) is 8.18. The van der Waals surface area contributed by atoms with Crippen LogP contribution in [0.2, 0.25) is 0 Å². The number of rotatable bonds is 8. The van der Waals surface area contributed by atoms with Crippen LogP contribution in [-0.2, 0) is 16.6 Å². The number of hydrogen-bond acceptors (Lipinski definition) is 4. The van der Waals surface area contributed by atoms with Crippen molar-refractivity contribution >= 4 is 21.4 Å². The first-order chi connectivity index (χ1) is 9.03. The normalized spacial score (nSPS) is 15.9. The number of nitrogens with one attached hydrogen (secondary N) is 2. The average Bonchev–Trinajstić information content (AvgIpc) is 3.10. The van der Waals surface area contributed by atoms with E-state index < -0.39 is 10.0 Å². The van der Waals surface area contributed by atoms with Crippen LogP contribution in [0, 0.1) is 12.8 Å². The molecule has 2 rings (SSSR count). The Labute approximate surface area is 119 Å². The van der Waals surface area contributed by atoms with Crippen molar-refractivity contribution in [1.82, 2.24) is 10.0 Å². The molecule has 0 amide bonds. The van der Waals surface area contributed by atoms with Gasteiger partial charge in [-0.2, -0.15) is 0 Å². The highest BCUT2D eigenvalue weighted by molar-refractivity contribution is 7.89. The first kappa shape index (κ1) is 15.0. The third kappa shape index (κ3) is 4.27. The zero-order valence-corrected chi connectivity index (χ0v) is 13.2. The summed E-state index contributed by atoms with van der Waals surface area (Å²) in [7, 11) is -3.32. The fourth-order valence-electron chi connectivity index (χ4n) is 1.89. The van der Waals surface area contributed by atoms with Crippen LogP contribution in [-0.4, -0.2) is 21.5 Å². The monoisotopic (exact) mass is 302 g/mol. The lowest BCUT2D eigenvalue weighted by atomic mass is 10.4. The van der Waals surface area contributed by atoms with Gasteiger partial charge in [0, 0.05) is 22.8 Å². The molecule has 0 unspecified atom stereocenters. The predicted molar refractivity (Wildman–Crippen MR) is 79.0 cm³/mol. The maximum Gasteiger partial charge on any atom is 0.241 e. The summed E-state index contributed by atoms with van der Waals surface area (Å²) >= 11 is 1.56. The third-order valence-corrected chi connectivity index (χ3v) is 5.93. The van der Waals surface area contributed by atoms with Crippen LogP contribution in [0.3, 0.4) is 0 Å². The van der Waals surface area contributed by atoms with Crippen molar-refractivity contribution in [2.75, 3.05) is 13.1 Å². The quantitative estimate of drug-likeness (QED) is 0.724. The summed E-state index contributed by atoms with van der Waals surface area (Å²) < 4.78 is 27.1. The molecule has 6 heteroatoms. The molecule has 4 nitrogen and oxygen atoms in total. The van der Waals surface area contributed by atoms with Gasteiger partial charge in [-0.05, 0) is 44.7 Å². The minimum absolute atomic E-state index is 0.450. The highest BCUT2D eigenvalue weighted by Crippen LogP contribution is 2.29. The maximum absolute atomic E-state index is 12.2. The lowest BCUT2D eigenvalue weighted by molar-refractivity contribution is 0.577. The molecule has 1 saturated carbocycles. The Morgan fingerprint density at radius 2 is 2.16 bits per heavy atom. The van der Waals surface area contributed by atoms with E-state index in [-0.39, 0.29) is 0 Å². The van der Waals surface area contributed by atoms with E-state index in [1.807, 2.05) is 6.92 Å². The van der Waals surface area contributed by atoms with Crippen molar-refractivity contribution < 1.29 is 8.42 Å². The van der Waals surface area contributed by atoms with Gasteiger partial charge in [0.15, 0.2) is 0 Å². The van der Waals surface area contributed by atoms with Gasteiger partial charge in [0.2, 0.25) is 10.0 Å². The molecule has 0 atom stereocenters. The summed E-state index contributed by atoms with van der Waals surface area (Å²) in [6.07, 6.45) is 3.38. The zero-order valence-electron chi connectivity index (χ0n) is 11.5. The van der Waals surface area contributed by atoms with Gasteiger partial charge in [-0.3, -0.25) is 0 Å². The minimum atomic E-state index is -3.32. The molecule has 1 heterocycles. The van der Waals surface area contributed by atoms with Crippen molar-refractivity contribution in [2.24, 2.45) is 5.92 Å². The van der Waals surface area contributed by atoms with Gasteiger partial charge < -0.3 is 5.32 Å². The Balaban J connectivity index is 2.01. The average molecular weight is 302 g/mol. The Bertz CT molecular complexity index is 519. The van der Waals surface area contributed by atoms with Crippen LogP contribution in [0.25, 0.3) is 0 Å². The van der Waals surface area contributed by atoms with Crippen LogP contribution in [0.1, 0.15) is 35.9 Å². The summed E-state index contributed by atoms with van der Waals surface area (Å²) in [4.78, 5) is 2.40. The van der Waals surface area contributed by atoms with E-state index >= 15 is 0 Å². The summed E-state index contributed by atoms with van der Waals surface area (Å²) in [6.45, 7) is 6.28. The van der Waals surface area contributed by atoms with Crippen molar-refractivity contribution in [2.45, 2.75) is 44.6 Å². The van der Waals surface area contributed by atoms with Gasteiger partial charge in [0.1, 0.15) is 0 Å². The zero-order chi connectivity index (χ0) is 13.9. The fraction of sp³-hybridized carbons (Fsp3) is 0.692. The molecule has 1 aromatic rings. The van der Waals surface area contributed by atoms with E-state index in [4.69, 9.17) is 0 Å². The molecule has 1 aliphatic carbocycles. The molecule has 2 N–H and O–H groups in total. The van der Waals surface area contributed by atoms with E-state index in [0.717, 1.165) is 42.1 Å². The molecule has 108 valence electrons. The van der Waals surface area contributed by atoms with E-state index in [2.05, 4.69) is 17.0 Å². The van der Waals surface area contributed by atoms with E-state index in [9.17, 15) is 8.42 Å². The summed E-state index contributed by atoms with van der Waals surface area (Å²) in [5.41, 5.74) is 0. The molecule has 0 bridgehead atoms. The molecule has 19 heavy (non-hydrogen) atoms. The number of hydrogen-bond donors (Lipinski definition) is 2. The van der Waals surface area contributed by atoms with Crippen LogP contribution in [0.15, 0.2) is 11.0 Å². The number of aryl methyl sites for hydroxylation is 1. The van der Waals surface area contributed by atoms with Gasteiger partial charge in [0.25, 0.3) is 0 Å². The Hall–Kier alpha value is -0.430. The highest BCUT2D eigenvalue weighted by Gasteiger charge is 2.25. The highest BCUT2D eigenvalue weighted by atomic mass is 32.2. The second-order valence-electron chi connectivity index (χ2n) is 5.11. The van der Waals surface area contributed by atoms with Gasteiger partial charge in [-0.1, -0.05) is 6.92 Å². The Morgan fingerprint density at radius 3 is 2.79 bits per heavy atom. The van der Waals surface area contributed by atoms with Gasteiger partial charge in [0.05, 0.1) is 4.90 Å². The fourth-order valence-corrected chi connectivity index (χ4v) is 4.61. The number of thiophene rings is 1. The summed E-state index contributed by atoms with van der Waals surface area (Å²) in [6, 6.07) is 1.80. The molecule has 1 fully saturated rings. The Morgan fingerprint density at radius 1 is 1.42 bits per heavy atom.